The maximum absolute atomic E-state index is 13.1. The molecule has 0 bridgehead atoms. The molecule has 0 aromatic heterocycles. The number of urea groups is 1. The van der Waals surface area contributed by atoms with Crippen LogP contribution in [0.3, 0.4) is 0 Å². The van der Waals surface area contributed by atoms with Crippen LogP contribution in [0.25, 0.3) is 0 Å². The Labute approximate surface area is 213 Å². The maximum atomic E-state index is 13.1. The second-order valence-electron chi connectivity index (χ2n) is 10.1. The average molecular weight is 500 g/mol. The second-order valence-corrected chi connectivity index (χ2v) is 10.1. The molecule has 0 saturated carbocycles. The number of hydrogen-bond donors (Lipinski definition) is 1. The summed E-state index contributed by atoms with van der Waals surface area (Å²) in [4.78, 5) is 28.2. The molecule has 0 spiro atoms. The number of benzene rings is 2. The van der Waals surface area contributed by atoms with Gasteiger partial charge in [0.1, 0.15) is 17.2 Å². The summed E-state index contributed by atoms with van der Waals surface area (Å²) in [6.07, 6.45) is 4.81. The van der Waals surface area contributed by atoms with Crippen LogP contribution in [0.15, 0.2) is 48.5 Å². The number of ether oxygens (including phenoxy) is 2. The van der Waals surface area contributed by atoms with Crippen molar-refractivity contribution in [2.75, 3.05) is 38.1 Å². The van der Waals surface area contributed by atoms with Crippen LogP contribution in [-0.2, 0) is 11.2 Å². The summed E-state index contributed by atoms with van der Waals surface area (Å²) in [5.41, 5.74) is 1.46. The Morgan fingerprint density at radius 1 is 0.917 bits per heavy atom. The first-order valence-electron chi connectivity index (χ1n) is 12.7. The van der Waals surface area contributed by atoms with Crippen molar-refractivity contribution in [3.63, 3.8) is 0 Å². The topological polar surface area (TPSA) is 71.1 Å². The van der Waals surface area contributed by atoms with E-state index in [1.54, 1.807) is 21.9 Å². The highest BCUT2D eigenvalue weighted by Gasteiger charge is 2.27. The molecule has 1 heterocycles. The van der Waals surface area contributed by atoms with Gasteiger partial charge in [-0.15, -0.1) is 0 Å². The van der Waals surface area contributed by atoms with Crippen molar-refractivity contribution >= 4 is 17.8 Å². The number of amides is 3. The standard InChI is InChI=1S/C28H38FN3O4/c1-28(2,3)36-27(34)32-18-16-31(17-19-32)26(33)30-24-14-12-22(13-15-24)9-6-4-5-7-20-35-25-11-8-10-23(29)21-25/h8,10-15,21H,4-7,9,16-20H2,1-3H3,(H,30,33). The second kappa shape index (κ2) is 13.1. The highest BCUT2D eigenvalue weighted by atomic mass is 19.1. The maximum Gasteiger partial charge on any atom is 0.410 e. The number of anilines is 1. The summed E-state index contributed by atoms with van der Waals surface area (Å²) in [6.45, 7) is 7.97. The Hall–Kier alpha value is -3.29. The molecule has 1 aliphatic rings. The average Bonchev–Trinajstić information content (AvgIpc) is 2.83. The molecule has 0 radical (unpaired) electrons. The Bertz CT molecular complexity index is 983. The van der Waals surface area contributed by atoms with Crippen molar-refractivity contribution in [2.45, 2.75) is 58.5 Å². The molecule has 196 valence electrons. The number of aryl methyl sites for hydroxylation is 1. The molecule has 3 rings (SSSR count). The molecule has 7 nitrogen and oxygen atoms in total. The molecule has 3 amide bonds. The van der Waals surface area contributed by atoms with E-state index in [0.29, 0.717) is 38.5 Å². The van der Waals surface area contributed by atoms with E-state index in [9.17, 15) is 14.0 Å². The first-order chi connectivity index (χ1) is 17.2. The Morgan fingerprint density at radius 3 is 2.25 bits per heavy atom. The number of carbonyl (C=O) groups is 2. The van der Waals surface area contributed by atoms with Gasteiger partial charge in [0.15, 0.2) is 0 Å². The minimum Gasteiger partial charge on any atom is -0.493 e. The third-order valence-electron chi connectivity index (χ3n) is 5.85. The molecular weight excluding hydrogens is 461 g/mol. The highest BCUT2D eigenvalue weighted by Crippen LogP contribution is 2.16. The largest absolute Gasteiger partial charge is 0.493 e. The molecule has 1 aliphatic heterocycles. The van der Waals surface area contributed by atoms with Crippen molar-refractivity contribution in [1.29, 1.82) is 0 Å². The first-order valence-corrected chi connectivity index (χ1v) is 12.7. The van der Waals surface area contributed by atoms with E-state index in [1.807, 2.05) is 45.0 Å². The smallest absolute Gasteiger partial charge is 0.410 e. The predicted octanol–water partition coefficient (Wildman–Crippen LogP) is 6.09. The van der Waals surface area contributed by atoms with Gasteiger partial charge in [-0.05, 0) is 69.9 Å². The van der Waals surface area contributed by atoms with Crippen molar-refractivity contribution in [2.24, 2.45) is 0 Å². The zero-order valence-corrected chi connectivity index (χ0v) is 21.6. The summed E-state index contributed by atoms with van der Waals surface area (Å²) < 4.78 is 24.1. The summed E-state index contributed by atoms with van der Waals surface area (Å²) in [7, 11) is 0. The van der Waals surface area contributed by atoms with Gasteiger partial charge in [0.2, 0.25) is 0 Å². The van der Waals surface area contributed by atoms with Gasteiger partial charge in [0, 0.05) is 37.9 Å². The van der Waals surface area contributed by atoms with E-state index in [4.69, 9.17) is 9.47 Å². The SMILES string of the molecule is CC(C)(C)OC(=O)N1CCN(C(=O)Nc2ccc(CCCCCCOc3cccc(F)c3)cc2)CC1. The molecule has 2 aromatic rings. The van der Waals surface area contributed by atoms with Gasteiger partial charge in [0.05, 0.1) is 6.61 Å². The first kappa shape index (κ1) is 27.3. The summed E-state index contributed by atoms with van der Waals surface area (Å²) in [6, 6.07) is 14.0. The molecule has 0 aliphatic carbocycles. The Balaban J connectivity index is 1.29. The van der Waals surface area contributed by atoms with Gasteiger partial charge in [-0.2, -0.15) is 0 Å². The normalized spacial score (nSPS) is 13.9. The minimum atomic E-state index is -0.530. The third kappa shape index (κ3) is 9.40. The fourth-order valence-corrected chi connectivity index (χ4v) is 3.91. The van der Waals surface area contributed by atoms with Crippen LogP contribution >= 0.6 is 0 Å². The van der Waals surface area contributed by atoms with Crippen molar-refractivity contribution in [3.8, 4) is 5.75 Å². The van der Waals surface area contributed by atoms with Gasteiger partial charge in [0.25, 0.3) is 0 Å². The summed E-state index contributed by atoms with van der Waals surface area (Å²) in [5, 5.41) is 2.94. The molecule has 2 aromatic carbocycles. The lowest BCUT2D eigenvalue weighted by molar-refractivity contribution is 0.0174. The van der Waals surface area contributed by atoms with Crippen LogP contribution in [0, 0.1) is 5.82 Å². The van der Waals surface area contributed by atoms with Gasteiger partial charge in [-0.3, -0.25) is 0 Å². The Morgan fingerprint density at radius 2 is 1.58 bits per heavy atom. The Kier molecular flexibility index (Phi) is 9.96. The number of unbranched alkanes of at least 4 members (excludes halogenated alkanes) is 3. The van der Waals surface area contributed by atoms with E-state index in [-0.39, 0.29) is 17.9 Å². The van der Waals surface area contributed by atoms with E-state index < -0.39 is 5.60 Å². The fourth-order valence-electron chi connectivity index (χ4n) is 3.91. The quantitative estimate of drug-likeness (QED) is 0.424. The van der Waals surface area contributed by atoms with Crippen LogP contribution in [-0.4, -0.2) is 60.3 Å². The number of hydrogen-bond acceptors (Lipinski definition) is 4. The van der Waals surface area contributed by atoms with Crippen LogP contribution in [0.2, 0.25) is 0 Å². The summed E-state index contributed by atoms with van der Waals surface area (Å²) >= 11 is 0. The lowest BCUT2D eigenvalue weighted by Gasteiger charge is -2.35. The van der Waals surface area contributed by atoms with Crippen molar-refractivity contribution in [3.05, 3.63) is 59.9 Å². The zero-order valence-electron chi connectivity index (χ0n) is 21.6. The van der Waals surface area contributed by atoms with E-state index in [1.165, 1.54) is 17.7 Å². The molecule has 36 heavy (non-hydrogen) atoms. The number of halogens is 1. The molecule has 8 heteroatoms. The lowest BCUT2D eigenvalue weighted by atomic mass is 10.1. The van der Waals surface area contributed by atoms with Gasteiger partial charge in [-0.25, -0.2) is 14.0 Å². The van der Waals surface area contributed by atoms with Gasteiger partial charge >= 0.3 is 12.1 Å². The van der Waals surface area contributed by atoms with Crippen molar-refractivity contribution < 1.29 is 23.5 Å². The van der Waals surface area contributed by atoms with Crippen LogP contribution in [0.5, 0.6) is 5.75 Å². The molecule has 1 N–H and O–H groups in total. The fraction of sp³-hybridized carbons (Fsp3) is 0.500. The van der Waals surface area contributed by atoms with Crippen LogP contribution in [0.1, 0.15) is 52.0 Å². The number of piperazine rings is 1. The van der Waals surface area contributed by atoms with Crippen LogP contribution < -0.4 is 10.1 Å². The molecule has 0 atom stereocenters. The molecule has 0 unspecified atom stereocenters. The lowest BCUT2D eigenvalue weighted by Crippen LogP contribution is -2.52. The minimum absolute atomic E-state index is 0.160. The molecular formula is C28H38FN3O4. The monoisotopic (exact) mass is 499 g/mol. The van der Waals surface area contributed by atoms with E-state index >= 15 is 0 Å². The van der Waals surface area contributed by atoms with Gasteiger partial charge < -0.3 is 24.6 Å². The number of nitrogens with zero attached hydrogens (tertiary/aromatic N) is 2. The number of carbonyl (C=O) groups excluding carboxylic acids is 2. The van der Waals surface area contributed by atoms with E-state index in [2.05, 4.69) is 5.32 Å². The zero-order chi connectivity index (χ0) is 26.0. The summed E-state index contributed by atoms with van der Waals surface area (Å²) in [5.74, 6) is 0.293. The molecule has 1 fully saturated rings. The van der Waals surface area contributed by atoms with E-state index in [0.717, 1.165) is 37.8 Å². The van der Waals surface area contributed by atoms with Gasteiger partial charge in [-0.1, -0.05) is 31.0 Å². The third-order valence-corrected chi connectivity index (χ3v) is 5.85. The number of nitrogens with one attached hydrogen (secondary N) is 1. The molecule has 1 saturated heterocycles. The van der Waals surface area contributed by atoms with Crippen LogP contribution in [0.4, 0.5) is 19.7 Å². The van der Waals surface area contributed by atoms with Crippen molar-refractivity contribution in [1.82, 2.24) is 9.80 Å². The predicted molar refractivity (Wildman–Crippen MR) is 139 cm³/mol. The highest BCUT2D eigenvalue weighted by molar-refractivity contribution is 5.89. The number of rotatable bonds is 9.